The molecule has 1 heterocycles. The maximum atomic E-state index is 13.5. The minimum Gasteiger partial charge on any atom is -0.326 e. The molecule has 1 saturated heterocycles. The van der Waals surface area contributed by atoms with Gasteiger partial charge in [0.15, 0.2) is 0 Å². The number of nitrogens with zero attached hydrogens (tertiary/aromatic N) is 1. The number of hydrogen-bond acceptors (Lipinski definition) is 2. The number of halogens is 1. The fourth-order valence-corrected chi connectivity index (χ4v) is 3.23. The lowest BCUT2D eigenvalue weighted by Gasteiger charge is -2.43. The molecule has 3 heteroatoms. The van der Waals surface area contributed by atoms with Crippen molar-refractivity contribution >= 4 is 0 Å². The molecule has 1 aliphatic rings. The van der Waals surface area contributed by atoms with E-state index in [2.05, 4.69) is 18.7 Å². The SMILES string of the molecule is CCC1(C)CCN(C(c2cccc(F)c2)C(C)N)CC1. The normalized spacial score (nSPS) is 22.4. The van der Waals surface area contributed by atoms with E-state index in [9.17, 15) is 4.39 Å². The number of piperidine rings is 1. The molecular formula is C17H27FN2. The summed E-state index contributed by atoms with van der Waals surface area (Å²) in [7, 11) is 0. The van der Waals surface area contributed by atoms with Crippen molar-refractivity contribution in [3.05, 3.63) is 35.6 Å². The smallest absolute Gasteiger partial charge is 0.123 e. The summed E-state index contributed by atoms with van der Waals surface area (Å²) < 4.78 is 13.5. The molecule has 2 N–H and O–H groups in total. The van der Waals surface area contributed by atoms with Crippen LogP contribution in [0.5, 0.6) is 0 Å². The second-order valence-electron chi connectivity index (χ2n) is 6.56. The molecule has 0 aromatic heterocycles. The van der Waals surface area contributed by atoms with Crippen molar-refractivity contribution in [2.24, 2.45) is 11.1 Å². The van der Waals surface area contributed by atoms with E-state index < -0.39 is 0 Å². The minimum atomic E-state index is -0.177. The Bertz CT molecular complexity index is 436. The number of rotatable bonds is 4. The van der Waals surface area contributed by atoms with Crippen LogP contribution in [0.2, 0.25) is 0 Å². The Morgan fingerprint density at radius 3 is 2.50 bits per heavy atom. The van der Waals surface area contributed by atoms with E-state index in [4.69, 9.17) is 5.73 Å². The fourth-order valence-electron chi connectivity index (χ4n) is 3.23. The van der Waals surface area contributed by atoms with Gasteiger partial charge >= 0.3 is 0 Å². The Morgan fingerprint density at radius 2 is 2.00 bits per heavy atom. The molecule has 0 amide bonds. The molecule has 0 aliphatic carbocycles. The summed E-state index contributed by atoms with van der Waals surface area (Å²) in [6.45, 7) is 8.75. The zero-order chi connectivity index (χ0) is 14.8. The van der Waals surface area contributed by atoms with Gasteiger partial charge in [-0.3, -0.25) is 4.90 Å². The number of hydrogen-bond donors (Lipinski definition) is 1. The first-order valence-corrected chi connectivity index (χ1v) is 7.70. The molecule has 20 heavy (non-hydrogen) atoms. The molecule has 1 aromatic carbocycles. The summed E-state index contributed by atoms with van der Waals surface area (Å²) in [5.74, 6) is -0.177. The van der Waals surface area contributed by atoms with Gasteiger partial charge in [0, 0.05) is 12.1 Å². The largest absolute Gasteiger partial charge is 0.326 e. The van der Waals surface area contributed by atoms with E-state index in [0.717, 1.165) is 18.7 Å². The van der Waals surface area contributed by atoms with Gasteiger partial charge in [-0.2, -0.15) is 0 Å². The number of benzene rings is 1. The third-order valence-corrected chi connectivity index (χ3v) is 4.94. The summed E-state index contributed by atoms with van der Waals surface area (Å²) in [5, 5.41) is 0. The van der Waals surface area contributed by atoms with Crippen molar-refractivity contribution in [1.29, 1.82) is 0 Å². The molecule has 1 fully saturated rings. The zero-order valence-electron chi connectivity index (χ0n) is 12.9. The third-order valence-electron chi connectivity index (χ3n) is 4.94. The highest BCUT2D eigenvalue weighted by molar-refractivity contribution is 5.22. The van der Waals surface area contributed by atoms with Gasteiger partial charge in [0.2, 0.25) is 0 Å². The maximum Gasteiger partial charge on any atom is 0.123 e. The molecule has 112 valence electrons. The zero-order valence-corrected chi connectivity index (χ0v) is 12.9. The van der Waals surface area contributed by atoms with Crippen LogP contribution in [-0.2, 0) is 0 Å². The van der Waals surface area contributed by atoms with Crippen LogP contribution in [0.1, 0.15) is 51.6 Å². The Morgan fingerprint density at radius 1 is 1.35 bits per heavy atom. The molecule has 0 spiro atoms. The van der Waals surface area contributed by atoms with Gasteiger partial charge in [-0.1, -0.05) is 32.4 Å². The summed E-state index contributed by atoms with van der Waals surface area (Å²) in [6.07, 6.45) is 3.62. The van der Waals surface area contributed by atoms with Crippen LogP contribution < -0.4 is 5.73 Å². The first-order chi connectivity index (χ1) is 9.45. The van der Waals surface area contributed by atoms with Crippen LogP contribution in [-0.4, -0.2) is 24.0 Å². The molecule has 0 radical (unpaired) electrons. The lowest BCUT2D eigenvalue weighted by Crippen LogP contribution is -2.45. The van der Waals surface area contributed by atoms with Crippen molar-refractivity contribution in [2.45, 2.75) is 52.1 Å². The highest BCUT2D eigenvalue weighted by Gasteiger charge is 2.33. The van der Waals surface area contributed by atoms with Gasteiger partial charge in [0.1, 0.15) is 5.82 Å². The summed E-state index contributed by atoms with van der Waals surface area (Å²) in [6, 6.07) is 7.01. The number of likely N-dealkylation sites (tertiary alicyclic amines) is 1. The Hall–Kier alpha value is -0.930. The lowest BCUT2D eigenvalue weighted by atomic mass is 9.77. The van der Waals surface area contributed by atoms with Crippen LogP contribution in [0.15, 0.2) is 24.3 Å². The molecule has 2 rings (SSSR count). The first-order valence-electron chi connectivity index (χ1n) is 7.70. The summed E-state index contributed by atoms with van der Waals surface area (Å²) in [5.41, 5.74) is 7.64. The van der Waals surface area contributed by atoms with Gasteiger partial charge in [0.05, 0.1) is 0 Å². The van der Waals surface area contributed by atoms with Gasteiger partial charge in [-0.25, -0.2) is 4.39 Å². The highest BCUT2D eigenvalue weighted by atomic mass is 19.1. The van der Waals surface area contributed by atoms with Gasteiger partial charge in [-0.15, -0.1) is 0 Å². The second-order valence-corrected chi connectivity index (χ2v) is 6.56. The van der Waals surface area contributed by atoms with Crippen LogP contribution in [0.4, 0.5) is 4.39 Å². The third kappa shape index (κ3) is 3.39. The van der Waals surface area contributed by atoms with E-state index in [0.29, 0.717) is 5.41 Å². The van der Waals surface area contributed by atoms with Crippen LogP contribution in [0.25, 0.3) is 0 Å². The maximum absolute atomic E-state index is 13.5. The predicted molar refractivity (Wildman–Crippen MR) is 82.0 cm³/mol. The fraction of sp³-hybridized carbons (Fsp3) is 0.647. The molecule has 1 aliphatic heterocycles. The molecule has 0 bridgehead atoms. The average molecular weight is 278 g/mol. The molecule has 2 unspecified atom stereocenters. The van der Waals surface area contributed by atoms with Crippen molar-refractivity contribution < 1.29 is 4.39 Å². The average Bonchev–Trinajstić information content (AvgIpc) is 2.41. The molecule has 1 aromatic rings. The van der Waals surface area contributed by atoms with E-state index in [1.807, 2.05) is 13.0 Å². The molecule has 2 nitrogen and oxygen atoms in total. The van der Waals surface area contributed by atoms with Crippen molar-refractivity contribution in [2.75, 3.05) is 13.1 Å². The van der Waals surface area contributed by atoms with Crippen molar-refractivity contribution in [3.63, 3.8) is 0 Å². The van der Waals surface area contributed by atoms with Gasteiger partial charge < -0.3 is 5.73 Å². The van der Waals surface area contributed by atoms with E-state index in [1.165, 1.54) is 25.3 Å². The Balaban J connectivity index is 2.15. The van der Waals surface area contributed by atoms with Crippen LogP contribution in [0.3, 0.4) is 0 Å². The van der Waals surface area contributed by atoms with E-state index in [-0.39, 0.29) is 17.9 Å². The quantitative estimate of drug-likeness (QED) is 0.909. The van der Waals surface area contributed by atoms with E-state index >= 15 is 0 Å². The highest BCUT2D eigenvalue weighted by Crippen LogP contribution is 2.37. The van der Waals surface area contributed by atoms with Crippen molar-refractivity contribution in [1.82, 2.24) is 4.90 Å². The Labute approximate surface area is 122 Å². The minimum absolute atomic E-state index is 0.00258. The van der Waals surface area contributed by atoms with E-state index in [1.54, 1.807) is 12.1 Å². The molecular weight excluding hydrogens is 251 g/mol. The van der Waals surface area contributed by atoms with Crippen LogP contribution >= 0.6 is 0 Å². The topological polar surface area (TPSA) is 29.3 Å². The van der Waals surface area contributed by atoms with Gasteiger partial charge in [0.25, 0.3) is 0 Å². The Kier molecular flexibility index (Phi) is 4.82. The first kappa shape index (κ1) is 15.5. The standard InChI is InChI=1S/C17H27FN2/c1-4-17(3)8-10-20(11-9-17)16(13(2)19)14-6-5-7-15(18)12-14/h5-7,12-13,16H,4,8-11,19H2,1-3H3. The predicted octanol–water partition coefficient (Wildman–Crippen LogP) is 3.73. The molecule has 2 atom stereocenters. The monoisotopic (exact) mass is 278 g/mol. The van der Waals surface area contributed by atoms with Crippen molar-refractivity contribution in [3.8, 4) is 0 Å². The van der Waals surface area contributed by atoms with Gasteiger partial charge in [-0.05, 0) is 56.0 Å². The number of nitrogens with two attached hydrogens (primary N) is 1. The van der Waals surface area contributed by atoms with Crippen LogP contribution in [0, 0.1) is 11.2 Å². The second kappa shape index (κ2) is 6.23. The summed E-state index contributed by atoms with van der Waals surface area (Å²) in [4.78, 5) is 2.43. The lowest BCUT2D eigenvalue weighted by molar-refractivity contribution is 0.0720. The summed E-state index contributed by atoms with van der Waals surface area (Å²) >= 11 is 0. The molecule has 0 saturated carbocycles.